The second-order valence-corrected chi connectivity index (χ2v) is 7.14. The number of methoxy groups -OCH3 is 2. The monoisotopic (exact) mass is 481 g/mol. The Balaban J connectivity index is 1.73. The Hall–Kier alpha value is -2.14. The molecular formula is C18H20IN5O3. The van der Waals surface area contributed by atoms with Gasteiger partial charge < -0.3 is 19.5 Å². The fourth-order valence-electron chi connectivity index (χ4n) is 3.16. The van der Waals surface area contributed by atoms with Crippen LogP contribution in [0.5, 0.6) is 11.5 Å². The molecule has 0 amide bonds. The molecule has 9 heteroatoms. The third-order valence-corrected chi connectivity index (χ3v) is 5.00. The fraction of sp³-hybridized carbons (Fsp3) is 0.389. The molecule has 0 bridgehead atoms. The van der Waals surface area contributed by atoms with Gasteiger partial charge in [-0.25, -0.2) is 15.0 Å². The lowest BCUT2D eigenvalue weighted by molar-refractivity contribution is -0.0298. The normalized spacial score (nSPS) is 17.1. The highest BCUT2D eigenvalue weighted by atomic mass is 127. The predicted molar refractivity (Wildman–Crippen MR) is 110 cm³/mol. The van der Waals surface area contributed by atoms with Gasteiger partial charge in [0.25, 0.3) is 0 Å². The molecule has 3 aromatic rings. The summed E-state index contributed by atoms with van der Waals surface area (Å²) < 4.78 is 19.3. The van der Waals surface area contributed by atoms with Crippen molar-refractivity contribution in [2.24, 2.45) is 0 Å². The van der Waals surface area contributed by atoms with Gasteiger partial charge in [0.15, 0.2) is 20.8 Å². The van der Waals surface area contributed by atoms with Gasteiger partial charge in [-0.05, 0) is 31.4 Å². The van der Waals surface area contributed by atoms with Crippen molar-refractivity contribution >= 4 is 45.3 Å². The molecular weight excluding hydrogens is 461 g/mol. The summed E-state index contributed by atoms with van der Waals surface area (Å²) in [6.07, 6.45) is 4.95. The van der Waals surface area contributed by atoms with Crippen LogP contribution in [0.2, 0.25) is 0 Å². The van der Waals surface area contributed by atoms with Crippen LogP contribution < -0.4 is 14.8 Å². The number of nitrogens with one attached hydrogen (secondary N) is 1. The summed E-state index contributed by atoms with van der Waals surface area (Å²) in [5.41, 5.74) is 2.23. The number of anilines is 2. The van der Waals surface area contributed by atoms with Gasteiger partial charge in [-0.1, -0.05) is 0 Å². The van der Waals surface area contributed by atoms with Gasteiger partial charge in [0, 0.05) is 35.3 Å². The summed E-state index contributed by atoms with van der Waals surface area (Å²) in [7, 11) is 3.24. The van der Waals surface area contributed by atoms with Crippen LogP contribution in [0.1, 0.15) is 25.5 Å². The molecule has 1 fully saturated rings. The first-order chi connectivity index (χ1) is 13.2. The molecule has 142 valence electrons. The number of ether oxygens (including phenoxy) is 3. The van der Waals surface area contributed by atoms with E-state index in [1.165, 1.54) is 0 Å². The van der Waals surface area contributed by atoms with Crippen LogP contribution in [-0.2, 0) is 4.74 Å². The quantitative estimate of drug-likeness (QED) is 0.438. The Bertz CT molecular complexity index is 956. The summed E-state index contributed by atoms with van der Waals surface area (Å²) in [4.78, 5) is 13.7. The van der Waals surface area contributed by atoms with Crippen molar-refractivity contribution in [3.8, 4) is 11.5 Å². The van der Waals surface area contributed by atoms with E-state index in [-0.39, 0.29) is 6.23 Å². The van der Waals surface area contributed by atoms with Crippen molar-refractivity contribution in [2.45, 2.75) is 25.5 Å². The summed E-state index contributed by atoms with van der Waals surface area (Å²) >= 11 is 2.12. The molecule has 1 saturated heterocycles. The van der Waals surface area contributed by atoms with Crippen LogP contribution in [0.3, 0.4) is 0 Å². The van der Waals surface area contributed by atoms with E-state index >= 15 is 0 Å². The molecule has 0 spiro atoms. The molecule has 8 nitrogen and oxygen atoms in total. The minimum atomic E-state index is -0.0298. The van der Waals surface area contributed by atoms with Crippen molar-refractivity contribution in [2.75, 3.05) is 26.1 Å². The summed E-state index contributed by atoms with van der Waals surface area (Å²) in [6, 6.07) is 5.57. The maximum atomic E-state index is 5.90. The zero-order valence-corrected chi connectivity index (χ0v) is 17.3. The number of hydrogen-bond acceptors (Lipinski definition) is 7. The van der Waals surface area contributed by atoms with Crippen LogP contribution in [-0.4, -0.2) is 40.3 Å². The number of aromatic nitrogens is 4. The average molecular weight is 481 g/mol. The highest BCUT2D eigenvalue weighted by Gasteiger charge is 2.21. The second-order valence-electron chi connectivity index (χ2n) is 6.18. The standard InChI is InChI=1S/C18H20IN5O3/c1-25-11-6-7-12(13(9-11)26-2)21-16-15-17(23-18(19)22-16)24(10-20-15)14-5-3-4-8-27-14/h6-7,9-10,14H,3-5,8H2,1-2H3,(H,21,22,23). The van der Waals surface area contributed by atoms with Gasteiger partial charge in [0.05, 0.1) is 26.2 Å². The molecule has 0 saturated carbocycles. The van der Waals surface area contributed by atoms with Gasteiger partial charge in [-0.3, -0.25) is 4.57 Å². The molecule has 3 heterocycles. The van der Waals surface area contributed by atoms with Gasteiger partial charge in [0.1, 0.15) is 17.7 Å². The maximum absolute atomic E-state index is 5.90. The molecule has 1 N–H and O–H groups in total. The number of fused-ring (bicyclic) bond motifs is 1. The van der Waals surface area contributed by atoms with Crippen molar-refractivity contribution < 1.29 is 14.2 Å². The second kappa shape index (κ2) is 7.85. The first-order valence-corrected chi connectivity index (χ1v) is 9.78. The summed E-state index contributed by atoms with van der Waals surface area (Å²) in [5.74, 6) is 2.01. The number of halogens is 1. The molecule has 1 aliphatic heterocycles. The third kappa shape index (κ3) is 3.65. The molecule has 0 radical (unpaired) electrons. The van der Waals surface area contributed by atoms with E-state index in [4.69, 9.17) is 14.2 Å². The van der Waals surface area contributed by atoms with Crippen molar-refractivity contribution in [1.82, 2.24) is 19.5 Å². The fourth-order valence-corrected chi connectivity index (χ4v) is 3.63. The number of rotatable bonds is 5. The van der Waals surface area contributed by atoms with Gasteiger partial charge >= 0.3 is 0 Å². The van der Waals surface area contributed by atoms with Crippen LogP contribution in [0, 0.1) is 3.83 Å². The molecule has 1 aromatic carbocycles. The van der Waals surface area contributed by atoms with E-state index in [9.17, 15) is 0 Å². The number of benzene rings is 1. The smallest absolute Gasteiger partial charge is 0.194 e. The van der Waals surface area contributed by atoms with Gasteiger partial charge in [-0.2, -0.15) is 0 Å². The molecule has 1 atom stereocenters. The number of nitrogens with zero attached hydrogens (tertiary/aromatic N) is 4. The Morgan fingerprint density at radius 1 is 1.22 bits per heavy atom. The van der Waals surface area contributed by atoms with Crippen LogP contribution >= 0.6 is 22.6 Å². The molecule has 1 aliphatic rings. The number of hydrogen-bond donors (Lipinski definition) is 1. The van der Waals surface area contributed by atoms with E-state index < -0.39 is 0 Å². The lowest BCUT2D eigenvalue weighted by Crippen LogP contribution is -2.18. The van der Waals surface area contributed by atoms with Crippen LogP contribution in [0.15, 0.2) is 24.5 Å². The summed E-state index contributed by atoms with van der Waals surface area (Å²) in [6.45, 7) is 0.765. The van der Waals surface area contributed by atoms with Gasteiger partial charge in [0.2, 0.25) is 0 Å². The Morgan fingerprint density at radius 2 is 2.11 bits per heavy atom. The first-order valence-electron chi connectivity index (χ1n) is 8.70. The van der Waals surface area contributed by atoms with Crippen LogP contribution in [0.4, 0.5) is 11.5 Å². The van der Waals surface area contributed by atoms with Crippen molar-refractivity contribution in [3.05, 3.63) is 28.4 Å². The predicted octanol–water partition coefficient (Wildman–Crippen LogP) is 3.89. The SMILES string of the molecule is COc1ccc(Nc2nc(I)nc3c2ncn3C2CCCCO2)c(OC)c1. The van der Waals surface area contributed by atoms with Crippen LogP contribution in [0.25, 0.3) is 11.2 Å². The zero-order valence-electron chi connectivity index (χ0n) is 15.1. The van der Waals surface area contributed by atoms with E-state index in [2.05, 4.69) is 42.9 Å². The molecule has 27 heavy (non-hydrogen) atoms. The van der Waals surface area contributed by atoms with E-state index in [0.29, 0.717) is 20.9 Å². The lowest BCUT2D eigenvalue weighted by Gasteiger charge is -2.23. The van der Waals surface area contributed by atoms with Crippen molar-refractivity contribution in [3.63, 3.8) is 0 Å². The topological polar surface area (TPSA) is 83.3 Å². The molecule has 0 aliphatic carbocycles. The minimum Gasteiger partial charge on any atom is -0.497 e. The first kappa shape index (κ1) is 18.2. The Kier molecular flexibility index (Phi) is 5.30. The highest BCUT2D eigenvalue weighted by molar-refractivity contribution is 14.1. The molecule has 4 rings (SSSR count). The average Bonchev–Trinajstić information content (AvgIpc) is 3.12. The number of imidazole rings is 1. The highest BCUT2D eigenvalue weighted by Crippen LogP contribution is 2.34. The third-order valence-electron chi connectivity index (χ3n) is 4.52. The Morgan fingerprint density at radius 3 is 2.85 bits per heavy atom. The molecule has 2 aromatic heterocycles. The largest absolute Gasteiger partial charge is 0.497 e. The van der Waals surface area contributed by atoms with E-state index in [0.717, 1.165) is 43.0 Å². The maximum Gasteiger partial charge on any atom is 0.194 e. The van der Waals surface area contributed by atoms with Crippen molar-refractivity contribution in [1.29, 1.82) is 0 Å². The minimum absolute atomic E-state index is 0.0298. The Labute approximate surface area is 170 Å². The van der Waals surface area contributed by atoms with E-state index in [1.807, 2.05) is 22.8 Å². The van der Waals surface area contributed by atoms with Gasteiger partial charge in [-0.15, -0.1) is 0 Å². The molecule has 1 unspecified atom stereocenters. The lowest BCUT2D eigenvalue weighted by atomic mass is 10.2. The zero-order chi connectivity index (χ0) is 18.8. The summed E-state index contributed by atoms with van der Waals surface area (Å²) in [5, 5.41) is 3.32. The van der Waals surface area contributed by atoms with E-state index in [1.54, 1.807) is 20.5 Å².